The lowest BCUT2D eigenvalue weighted by Crippen LogP contribution is -2.26. The van der Waals surface area contributed by atoms with Crippen molar-refractivity contribution in [2.75, 3.05) is 38.6 Å². The molecule has 70 valence electrons. The SMILES string of the molecule is SC/C=C/CN1CCCOCC1. The minimum atomic E-state index is 0.838. The molecule has 1 saturated heterocycles. The first-order valence-corrected chi connectivity index (χ1v) is 5.12. The molecule has 1 aliphatic rings. The molecule has 1 aliphatic heterocycles. The first-order chi connectivity index (χ1) is 5.93. The predicted octanol–water partition coefficient (Wildman–Crippen LogP) is 1.19. The Balaban J connectivity index is 2.16. The van der Waals surface area contributed by atoms with Crippen molar-refractivity contribution >= 4 is 12.6 Å². The summed E-state index contributed by atoms with van der Waals surface area (Å²) in [5.74, 6) is 0.838. The predicted molar refractivity (Wildman–Crippen MR) is 54.9 cm³/mol. The number of nitrogens with zero attached hydrogens (tertiary/aromatic N) is 1. The maximum absolute atomic E-state index is 5.35. The Morgan fingerprint density at radius 3 is 3.00 bits per heavy atom. The van der Waals surface area contributed by atoms with Gasteiger partial charge in [0, 0.05) is 32.0 Å². The van der Waals surface area contributed by atoms with E-state index in [1.165, 1.54) is 0 Å². The summed E-state index contributed by atoms with van der Waals surface area (Å²) in [5.41, 5.74) is 0. The van der Waals surface area contributed by atoms with Crippen LogP contribution in [0.2, 0.25) is 0 Å². The number of hydrogen-bond acceptors (Lipinski definition) is 3. The van der Waals surface area contributed by atoms with Crippen LogP contribution in [0.25, 0.3) is 0 Å². The summed E-state index contributed by atoms with van der Waals surface area (Å²) in [6, 6.07) is 0. The zero-order valence-electron chi connectivity index (χ0n) is 7.41. The molecule has 0 bridgehead atoms. The third kappa shape index (κ3) is 4.14. The number of hydrogen-bond donors (Lipinski definition) is 1. The van der Waals surface area contributed by atoms with Gasteiger partial charge in [-0.15, -0.1) is 0 Å². The van der Waals surface area contributed by atoms with Crippen LogP contribution < -0.4 is 0 Å². The fourth-order valence-corrected chi connectivity index (χ4v) is 1.43. The van der Waals surface area contributed by atoms with Crippen LogP contribution in [0.1, 0.15) is 6.42 Å². The smallest absolute Gasteiger partial charge is 0.0593 e. The van der Waals surface area contributed by atoms with Gasteiger partial charge in [-0.3, -0.25) is 4.90 Å². The van der Waals surface area contributed by atoms with Crippen molar-refractivity contribution in [1.29, 1.82) is 0 Å². The molecule has 0 radical (unpaired) electrons. The molecule has 0 saturated carbocycles. The first-order valence-electron chi connectivity index (χ1n) is 4.49. The average molecular weight is 187 g/mol. The summed E-state index contributed by atoms with van der Waals surface area (Å²) in [7, 11) is 0. The Bertz CT molecular complexity index is 130. The van der Waals surface area contributed by atoms with E-state index in [1.54, 1.807) is 0 Å². The summed E-state index contributed by atoms with van der Waals surface area (Å²) in [6.45, 7) is 5.08. The van der Waals surface area contributed by atoms with Gasteiger partial charge >= 0.3 is 0 Å². The van der Waals surface area contributed by atoms with Crippen molar-refractivity contribution in [2.45, 2.75) is 6.42 Å². The Morgan fingerprint density at radius 2 is 2.17 bits per heavy atom. The minimum Gasteiger partial charge on any atom is -0.380 e. The van der Waals surface area contributed by atoms with E-state index < -0.39 is 0 Å². The van der Waals surface area contributed by atoms with Crippen LogP contribution in [-0.2, 0) is 4.74 Å². The molecule has 2 nitrogen and oxygen atoms in total. The van der Waals surface area contributed by atoms with Crippen LogP contribution in [0.15, 0.2) is 12.2 Å². The van der Waals surface area contributed by atoms with Gasteiger partial charge in [0.25, 0.3) is 0 Å². The van der Waals surface area contributed by atoms with Gasteiger partial charge in [-0.1, -0.05) is 12.2 Å². The van der Waals surface area contributed by atoms with E-state index in [4.69, 9.17) is 4.74 Å². The first kappa shape index (κ1) is 10.1. The summed E-state index contributed by atoms with van der Waals surface area (Å²) >= 11 is 4.11. The monoisotopic (exact) mass is 187 g/mol. The van der Waals surface area contributed by atoms with E-state index in [0.29, 0.717) is 0 Å². The highest BCUT2D eigenvalue weighted by molar-refractivity contribution is 7.80. The lowest BCUT2D eigenvalue weighted by molar-refractivity contribution is 0.143. The van der Waals surface area contributed by atoms with Crippen molar-refractivity contribution < 1.29 is 4.74 Å². The highest BCUT2D eigenvalue weighted by atomic mass is 32.1. The summed E-state index contributed by atoms with van der Waals surface area (Å²) in [5, 5.41) is 0. The second-order valence-electron chi connectivity index (χ2n) is 2.92. The van der Waals surface area contributed by atoms with Gasteiger partial charge in [0.05, 0.1) is 6.61 Å². The van der Waals surface area contributed by atoms with Gasteiger partial charge in [-0.05, 0) is 6.42 Å². The second kappa shape index (κ2) is 6.52. The molecule has 0 unspecified atom stereocenters. The molecule has 1 fully saturated rings. The number of rotatable bonds is 3. The largest absolute Gasteiger partial charge is 0.380 e. The van der Waals surface area contributed by atoms with Crippen molar-refractivity contribution in [1.82, 2.24) is 4.90 Å². The Kier molecular flexibility index (Phi) is 5.48. The third-order valence-corrected chi connectivity index (χ3v) is 2.16. The molecule has 0 spiro atoms. The number of thiol groups is 1. The molecular formula is C9H17NOS. The van der Waals surface area contributed by atoms with E-state index in [1.807, 2.05) is 0 Å². The molecule has 0 N–H and O–H groups in total. The van der Waals surface area contributed by atoms with E-state index in [-0.39, 0.29) is 0 Å². The fourth-order valence-electron chi connectivity index (χ4n) is 1.28. The summed E-state index contributed by atoms with van der Waals surface area (Å²) < 4.78 is 5.35. The molecule has 0 amide bonds. The molecule has 3 heteroatoms. The maximum atomic E-state index is 5.35. The molecule has 0 aromatic rings. The van der Waals surface area contributed by atoms with Gasteiger partial charge in [0.15, 0.2) is 0 Å². The van der Waals surface area contributed by atoms with Crippen molar-refractivity contribution in [3.63, 3.8) is 0 Å². The minimum absolute atomic E-state index is 0.838. The van der Waals surface area contributed by atoms with Gasteiger partial charge in [-0.25, -0.2) is 0 Å². The van der Waals surface area contributed by atoms with Crippen molar-refractivity contribution in [3.8, 4) is 0 Å². The van der Waals surface area contributed by atoms with Gasteiger partial charge in [0.1, 0.15) is 0 Å². The lowest BCUT2D eigenvalue weighted by atomic mass is 10.4. The van der Waals surface area contributed by atoms with E-state index in [2.05, 4.69) is 29.7 Å². The van der Waals surface area contributed by atoms with Crippen LogP contribution in [0.4, 0.5) is 0 Å². The van der Waals surface area contributed by atoms with Crippen LogP contribution in [-0.4, -0.2) is 43.5 Å². The highest BCUT2D eigenvalue weighted by Crippen LogP contribution is 1.98. The fraction of sp³-hybridized carbons (Fsp3) is 0.778. The Morgan fingerprint density at radius 1 is 1.25 bits per heavy atom. The van der Waals surface area contributed by atoms with E-state index in [9.17, 15) is 0 Å². The van der Waals surface area contributed by atoms with Gasteiger partial charge < -0.3 is 4.74 Å². The average Bonchev–Trinajstić information content (AvgIpc) is 2.33. The molecule has 0 atom stereocenters. The standard InChI is InChI=1S/C9H17NOS/c12-9-2-1-4-10-5-3-7-11-8-6-10/h1-2,12H,3-9H2/b2-1+. The van der Waals surface area contributed by atoms with Crippen LogP contribution in [0, 0.1) is 0 Å². The molecule has 0 aliphatic carbocycles. The van der Waals surface area contributed by atoms with Gasteiger partial charge in [0.2, 0.25) is 0 Å². The summed E-state index contributed by atoms with van der Waals surface area (Å²) in [6.07, 6.45) is 5.43. The summed E-state index contributed by atoms with van der Waals surface area (Å²) in [4.78, 5) is 2.41. The molecule has 1 heterocycles. The maximum Gasteiger partial charge on any atom is 0.0593 e. The zero-order valence-corrected chi connectivity index (χ0v) is 8.30. The van der Waals surface area contributed by atoms with Crippen molar-refractivity contribution in [2.24, 2.45) is 0 Å². The number of ether oxygens (including phenoxy) is 1. The molecule has 0 aromatic carbocycles. The van der Waals surface area contributed by atoms with Crippen molar-refractivity contribution in [3.05, 3.63) is 12.2 Å². The van der Waals surface area contributed by atoms with Gasteiger partial charge in [-0.2, -0.15) is 12.6 Å². The second-order valence-corrected chi connectivity index (χ2v) is 3.29. The quantitative estimate of drug-likeness (QED) is 0.526. The van der Waals surface area contributed by atoms with Crippen LogP contribution in [0.5, 0.6) is 0 Å². The van der Waals surface area contributed by atoms with Crippen LogP contribution >= 0.6 is 12.6 Å². The molecule has 1 rings (SSSR count). The molecular weight excluding hydrogens is 170 g/mol. The van der Waals surface area contributed by atoms with E-state index in [0.717, 1.165) is 45.0 Å². The highest BCUT2D eigenvalue weighted by Gasteiger charge is 2.05. The lowest BCUT2D eigenvalue weighted by Gasteiger charge is -2.15. The normalized spacial score (nSPS) is 21.4. The van der Waals surface area contributed by atoms with E-state index >= 15 is 0 Å². The molecule has 12 heavy (non-hydrogen) atoms. The third-order valence-electron chi connectivity index (χ3n) is 1.95. The zero-order chi connectivity index (χ0) is 8.65. The van der Waals surface area contributed by atoms with Crippen LogP contribution in [0.3, 0.4) is 0 Å². The Hall–Kier alpha value is 0.01000. The topological polar surface area (TPSA) is 12.5 Å². The Labute approximate surface area is 80.0 Å². The molecule has 0 aromatic heterocycles.